The third-order valence-corrected chi connectivity index (χ3v) is 5.73. The first-order chi connectivity index (χ1) is 9.04. The van der Waals surface area contributed by atoms with Crippen molar-refractivity contribution in [2.24, 2.45) is 0 Å². The highest BCUT2D eigenvalue weighted by Crippen LogP contribution is 2.22. The van der Waals surface area contributed by atoms with Crippen molar-refractivity contribution in [2.75, 3.05) is 7.05 Å². The standard InChI is InChI=1S/C11H12N2O3S3/c1-12-11(14)10-9(4-6-18-10)19(15,16)13-7-8-3-2-5-17-8/h2-6,13H,7H2,1H3,(H,12,14). The van der Waals surface area contributed by atoms with Crippen molar-refractivity contribution < 1.29 is 13.2 Å². The Kier molecular flexibility index (Phi) is 4.35. The Morgan fingerprint density at radius 1 is 1.26 bits per heavy atom. The van der Waals surface area contributed by atoms with Crippen LogP contribution in [-0.4, -0.2) is 21.4 Å². The van der Waals surface area contributed by atoms with Crippen LogP contribution in [0.2, 0.25) is 0 Å². The highest BCUT2D eigenvalue weighted by molar-refractivity contribution is 7.89. The fourth-order valence-corrected chi connectivity index (χ4v) is 4.56. The van der Waals surface area contributed by atoms with E-state index in [-0.39, 0.29) is 16.3 Å². The van der Waals surface area contributed by atoms with Crippen molar-refractivity contribution >= 4 is 38.6 Å². The summed E-state index contributed by atoms with van der Waals surface area (Å²) >= 11 is 2.58. The molecule has 2 aromatic heterocycles. The number of hydrogen-bond acceptors (Lipinski definition) is 5. The maximum atomic E-state index is 12.1. The summed E-state index contributed by atoms with van der Waals surface area (Å²) in [5, 5.41) is 5.90. The summed E-state index contributed by atoms with van der Waals surface area (Å²) < 4.78 is 26.8. The van der Waals surface area contributed by atoms with Crippen LogP contribution in [0.3, 0.4) is 0 Å². The molecule has 5 nitrogen and oxygen atoms in total. The van der Waals surface area contributed by atoms with Gasteiger partial charge in [0.15, 0.2) is 0 Å². The van der Waals surface area contributed by atoms with Crippen LogP contribution in [0.25, 0.3) is 0 Å². The lowest BCUT2D eigenvalue weighted by atomic mass is 10.4. The van der Waals surface area contributed by atoms with Crippen LogP contribution in [0.15, 0.2) is 33.9 Å². The summed E-state index contributed by atoms with van der Waals surface area (Å²) in [6.45, 7) is 0.225. The Morgan fingerprint density at radius 2 is 2.05 bits per heavy atom. The molecule has 2 heterocycles. The molecular weight excluding hydrogens is 304 g/mol. The second-order valence-corrected chi connectivity index (χ2v) is 7.28. The first-order valence-corrected chi connectivity index (χ1v) is 8.60. The number of amides is 1. The summed E-state index contributed by atoms with van der Waals surface area (Å²) in [6, 6.07) is 5.14. The second-order valence-electron chi connectivity index (χ2n) is 3.60. The molecule has 0 bridgehead atoms. The number of carbonyl (C=O) groups excluding carboxylic acids is 1. The van der Waals surface area contributed by atoms with Gasteiger partial charge in [0, 0.05) is 18.5 Å². The smallest absolute Gasteiger partial charge is 0.262 e. The molecule has 2 aromatic rings. The SMILES string of the molecule is CNC(=O)c1sccc1S(=O)(=O)NCc1cccs1. The lowest BCUT2D eigenvalue weighted by Crippen LogP contribution is -2.26. The fourth-order valence-electron chi connectivity index (χ4n) is 1.45. The zero-order valence-corrected chi connectivity index (χ0v) is 12.5. The van der Waals surface area contributed by atoms with Gasteiger partial charge in [-0.2, -0.15) is 0 Å². The van der Waals surface area contributed by atoms with E-state index in [9.17, 15) is 13.2 Å². The Balaban J connectivity index is 2.20. The number of nitrogens with one attached hydrogen (secondary N) is 2. The van der Waals surface area contributed by atoms with E-state index in [1.807, 2.05) is 17.5 Å². The van der Waals surface area contributed by atoms with Crippen LogP contribution in [-0.2, 0) is 16.6 Å². The van der Waals surface area contributed by atoms with Gasteiger partial charge >= 0.3 is 0 Å². The normalized spacial score (nSPS) is 11.4. The molecular formula is C11H12N2O3S3. The molecule has 8 heteroatoms. The van der Waals surface area contributed by atoms with E-state index in [4.69, 9.17) is 0 Å². The van der Waals surface area contributed by atoms with Crippen molar-refractivity contribution in [3.63, 3.8) is 0 Å². The summed E-state index contributed by atoms with van der Waals surface area (Å²) in [5.41, 5.74) is 0. The van der Waals surface area contributed by atoms with Crippen molar-refractivity contribution in [3.8, 4) is 0 Å². The van der Waals surface area contributed by atoms with Gasteiger partial charge in [0.1, 0.15) is 9.77 Å². The Bertz CT molecular complexity index is 659. The number of rotatable bonds is 5. The van der Waals surface area contributed by atoms with E-state index in [2.05, 4.69) is 10.0 Å². The van der Waals surface area contributed by atoms with Crippen LogP contribution in [0.4, 0.5) is 0 Å². The third kappa shape index (κ3) is 3.21. The topological polar surface area (TPSA) is 75.3 Å². The van der Waals surface area contributed by atoms with Gasteiger partial charge in [-0.1, -0.05) is 6.07 Å². The molecule has 2 rings (SSSR count). The maximum absolute atomic E-state index is 12.1. The first-order valence-electron chi connectivity index (χ1n) is 5.36. The molecule has 102 valence electrons. The largest absolute Gasteiger partial charge is 0.354 e. The molecule has 19 heavy (non-hydrogen) atoms. The quantitative estimate of drug-likeness (QED) is 0.880. The van der Waals surface area contributed by atoms with Crippen LogP contribution in [0.1, 0.15) is 14.5 Å². The second kappa shape index (κ2) is 5.83. The minimum atomic E-state index is -3.67. The van der Waals surface area contributed by atoms with E-state index in [1.165, 1.54) is 24.5 Å². The molecule has 0 saturated heterocycles. The average Bonchev–Trinajstić information content (AvgIpc) is 3.06. The van der Waals surface area contributed by atoms with Crippen LogP contribution >= 0.6 is 22.7 Å². The predicted octanol–water partition coefficient (Wildman–Crippen LogP) is 1.65. The Hall–Kier alpha value is -1.22. The summed E-state index contributed by atoms with van der Waals surface area (Å²) in [4.78, 5) is 12.7. The highest BCUT2D eigenvalue weighted by atomic mass is 32.2. The first kappa shape index (κ1) is 14.2. The van der Waals surface area contributed by atoms with E-state index in [0.717, 1.165) is 16.2 Å². The molecule has 0 aliphatic carbocycles. The monoisotopic (exact) mass is 316 g/mol. The van der Waals surface area contributed by atoms with Crippen molar-refractivity contribution in [3.05, 3.63) is 38.7 Å². The molecule has 0 saturated carbocycles. The average molecular weight is 316 g/mol. The molecule has 0 aliphatic heterocycles. The molecule has 1 amide bonds. The Labute approximate surface area is 119 Å². The van der Waals surface area contributed by atoms with Crippen LogP contribution < -0.4 is 10.0 Å². The van der Waals surface area contributed by atoms with E-state index in [0.29, 0.717) is 0 Å². The summed E-state index contributed by atoms with van der Waals surface area (Å²) in [5.74, 6) is -0.397. The van der Waals surface area contributed by atoms with Gasteiger partial charge < -0.3 is 5.32 Å². The molecule has 0 aliphatic rings. The lowest BCUT2D eigenvalue weighted by Gasteiger charge is -2.06. The van der Waals surface area contributed by atoms with E-state index in [1.54, 1.807) is 5.38 Å². The predicted molar refractivity (Wildman–Crippen MR) is 76.1 cm³/mol. The highest BCUT2D eigenvalue weighted by Gasteiger charge is 2.23. The number of thiophene rings is 2. The molecule has 0 fully saturated rings. The van der Waals surface area contributed by atoms with Crippen LogP contribution in [0, 0.1) is 0 Å². The molecule has 0 unspecified atom stereocenters. The molecule has 0 atom stereocenters. The molecule has 0 spiro atoms. The van der Waals surface area contributed by atoms with Crippen LogP contribution in [0.5, 0.6) is 0 Å². The van der Waals surface area contributed by atoms with Crippen molar-refractivity contribution in [2.45, 2.75) is 11.4 Å². The van der Waals surface area contributed by atoms with Crippen molar-refractivity contribution in [1.29, 1.82) is 0 Å². The zero-order chi connectivity index (χ0) is 13.9. The number of carbonyl (C=O) groups is 1. The zero-order valence-electron chi connectivity index (χ0n) is 10.0. The van der Waals surface area contributed by atoms with Gasteiger partial charge in [-0.25, -0.2) is 13.1 Å². The van der Waals surface area contributed by atoms with Gasteiger partial charge in [-0.15, -0.1) is 22.7 Å². The van der Waals surface area contributed by atoms with Crippen molar-refractivity contribution in [1.82, 2.24) is 10.0 Å². The van der Waals surface area contributed by atoms with Gasteiger partial charge in [-0.05, 0) is 22.9 Å². The Morgan fingerprint density at radius 3 is 2.68 bits per heavy atom. The van der Waals surface area contributed by atoms with Gasteiger partial charge in [0.05, 0.1) is 0 Å². The van der Waals surface area contributed by atoms with Gasteiger partial charge in [-0.3, -0.25) is 4.79 Å². The third-order valence-electron chi connectivity index (χ3n) is 2.37. The fraction of sp³-hybridized carbons (Fsp3) is 0.182. The van der Waals surface area contributed by atoms with Gasteiger partial charge in [0.2, 0.25) is 10.0 Å². The lowest BCUT2D eigenvalue weighted by molar-refractivity contribution is 0.0964. The minimum Gasteiger partial charge on any atom is -0.354 e. The maximum Gasteiger partial charge on any atom is 0.262 e. The number of sulfonamides is 1. The van der Waals surface area contributed by atoms with E-state index >= 15 is 0 Å². The molecule has 0 radical (unpaired) electrons. The summed E-state index contributed by atoms with van der Waals surface area (Å²) in [7, 11) is -2.20. The summed E-state index contributed by atoms with van der Waals surface area (Å²) in [6.07, 6.45) is 0. The molecule has 0 aromatic carbocycles. The van der Waals surface area contributed by atoms with E-state index < -0.39 is 15.9 Å². The molecule has 2 N–H and O–H groups in total. The minimum absolute atomic E-state index is 0.0217. The number of hydrogen-bond donors (Lipinski definition) is 2. The van der Waals surface area contributed by atoms with Gasteiger partial charge in [0.25, 0.3) is 5.91 Å².